The number of halogens is 1. The number of nitrogens with zero attached hydrogens (tertiary/aromatic N) is 4. The predicted molar refractivity (Wildman–Crippen MR) is 67.2 cm³/mol. The molecule has 2 heterocycles. The van der Waals surface area contributed by atoms with Crippen molar-refractivity contribution in [2.75, 3.05) is 11.9 Å². The highest BCUT2D eigenvalue weighted by atomic mass is 35.5. The van der Waals surface area contributed by atoms with E-state index in [0.29, 0.717) is 11.0 Å². The van der Waals surface area contributed by atoms with Crippen LogP contribution in [-0.4, -0.2) is 26.3 Å². The summed E-state index contributed by atoms with van der Waals surface area (Å²) >= 11 is 5.85. The number of aromatic nitrogens is 4. The van der Waals surface area contributed by atoms with Gasteiger partial charge in [-0.15, -0.1) is 0 Å². The largest absolute Gasteiger partial charge is 0.370 e. The van der Waals surface area contributed by atoms with Crippen molar-refractivity contribution in [3.63, 3.8) is 0 Å². The van der Waals surface area contributed by atoms with Crippen molar-refractivity contribution in [1.82, 2.24) is 19.7 Å². The van der Waals surface area contributed by atoms with Gasteiger partial charge in [-0.25, -0.2) is 9.97 Å². The smallest absolute Gasteiger partial charge is 0.134 e. The number of rotatable bonds is 4. The molecule has 90 valence electrons. The van der Waals surface area contributed by atoms with Crippen LogP contribution in [0, 0.1) is 6.92 Å². The Labute approximate surface area is 105 Å². The Morgan fingerprint density at radius 2 is 2.24 bits per heavy atom. The highest BCUT2D eigenvalue weighted by molar-refractivity contribution is 6.29. The lowest BCUT2D eigenvalue weighted by Crippen LogP contribution is -2.09. The van der Waals surface area contributed by atoms with E-state index in [4.69, 9.17) is 11.6 Å². The normalized spacial score (nSPS) is 10.5. The molecule has 0 bridgehead atoms. The van der Waals surface area contributed by atoms with Crippen LogP contribution < -0.4 is 5.32 Å². The molecule has 0 amide bonds. The maximum Gasteiger partial charge on any atom is 0.134 e. The third-order valence-corrected chi connectivity index (χ3v) is 2.61. The first-order chi connectivity index (χ1) is 8.15. The summed E-state index contributed by atoms with van der Waals surface area (Å²) in [6, 6.07) is 3.72. The van der Waals surface area contributed by atoms with Crippen molar-refractivity contribution in [2.24, 2.45) is 7.05 Å². The molecule has 17 heavy (non-hydrogen) atoms. The van der Waals surface area contributed by atoms with Crippen LogP contribution in [0.15, 0.2) is 18.3 Å². The lowest BCUT2D eigenvalue weighted by molar-refractivity contribution is 0.711. The van der Waals surface area contributed by atoms with E-state index in [0.717, 1.165) is 18.8 Å². The number of nitrogens with one attached hydrogen (secondary N) is 1. The lowest BCUT2D eigenvalue weighted by Gasteiger charge is -2.06. The van der Waals surface area contributed by atoms with Gasteiger partial charge >= 0.3 is 0 Å². The molecule has 0 aliphatic rings. The lowest BCUT2D eigenvalue weighted by atomic mass is 10.3. The molecule has 2 aromatic heterocycles. The fourth-order valence-corrected chi connectivity index (χ4v) is 1.81. The SMILES string of the molecule is Cc1nc(Cl)cc(NCCc2ccnn2C)n1. The van der Waals surface area contributed by atoms with Crippen LogP contribution in [0.1, 0.15) is 11.5 Å². The molecule has 0 aromatic carbocycles. The summed E-state index contributed by atoms with van der Waals surface area (Å²) in [7, 11) is 1.93. The Bertz CT molecular complexity index is 488. The van der Waals surface area contributed by atoms with E-state index in [1.807, 2.05) is 24.7 Å². The van der Waals surface area contributed by atoms with Gasteiger partial charge < -0.3 is 5.32 Å². The van der Waals surface area contributed by atoms with E-state index >= 15 is 0 Å². The number of hydrogen-bond acceptors (Lipinski definition) is 4. The third kappa shape index (κ3) is 3.17. The Morgan fingerprint density at radius 1 is 1.41 bits per heavy atom. The van der Waals surface area contributed by atoms with E-state index in [9.17, 15) is 0 Å². The first kappa shape index (κ1) is 11.9. The van der Waals surface area contributed by atoms with E-state index < -0.39 is 0 Å². The summed E-state index contributed by atoms with van der Waals surface area (Å²) in [5, 5.41) is 7.79. The summed E-state index contributed by atoms with van der Waals surface area (Å²) in [6.07, 6.45) is 2.68. The number of hydrogen-bond donors (Lipinski definition) is 1. The average Bonchev–Trinajstić information content (AvgIpc) is 2.63. The standard InChI is InChI=1S/C11H14ClN5/c1-8-15-10(12)7-11(16-8)13-5-3-9-4-6-14-17(9)2/h4,6-7H,3,5H2,1-2H3,(H,13,15,16). The van der Waals surface area contributed by atoms with Crippen molar-refractivity contribution in [3.8, 4) is 0 Å². The molecule has 0 aliphatic heterocycles. The number of aryl methyl sites for hydroxylation is 2. The van der Waals surface area contributed by atoms with Crippen LogP contribution in [-0.2, 0) is 13.5 Å². The summed E-state index contributed by atoms with van der Waals surface area (Å²) < 4.78 is 1.86. The third-order valence-electron chi connectivity index (χ3n) is 2.42. The van der Waals surface area contributed by atoms with Crippen molar-refractivity contribution in [3.05, 3.63) is 35.0 Å². The molecule has 0 spiro atoms. The van der Waals surface area contributed by atoms with E-state index in [2.05, 4.69) is 20.4 Å². The molecule has 1 N–H and O–H groups in total. The van der Waals surface area contributed by atoms with Gasteiger partial charge in [-0.1, -0.05) is 11.6 Å². The topological polar surface area (TPSA) is 55.6 Å². The molecule has 0 radical (unpaired) electrons. The van der Waals surface area contributed by atoms with Gasteiger partial charge in [0.1, 0.15) is 16.8 Å². The van der Waals surface area contributed by atoms with Gasteiger partial charge in [0, 0.05) is 38.0 Å². The highest BCUT2D eigenvalue weighted by Gasteiger charge is 2.01. The monoisotopic (exact) mass is 251 g/mol. The van der Waals surface area contributed by atoms with Gasteiger partial charge in [-0.3, -0.25) is 4.68 Å². The molecule has 0 aliphatic carbocycles. The van der Waals surface area contributed by atoms with Crippen LogP contribution in [0.25, 0.3) is 0 Å². The van der Waals surface area contributed by atoms with E-state index in [-0.39, 0.29) is 0 Å². The summed E-state index contributed by atoms with van der Waals surface area (Å²) in [6.45, 7) is 2.60. The molecule has 0 saturated carbocycles. The molecule has 0 unspecified atom stereocenters. The maximum absolute atomic E-state index is 5.85. The minimum absolute atomic E-state index is 0.459. The minimum Gasteiger partial charge on any atom is -0.370 e. The molecular weight excluding hydrogens is 238 g/mol. The zero-order valence-electron chi connectivity index (χ0n) is 9.81. The van der Waals surface area contributed by atoms with Crippen LogP contribution >= 0.6 is 11.6 Å². The Kier molecular flexibility index (Phi) is 3.58. The first-order valence-electron chi connectivity index (χ1n) is 5.37. The average molecular weight is 252 g/mol. The van der Waals surface area contributed by atoms with Crippen molar-refractivity contribution >= 4 is 17.4 Å². The molecule has 2 aromatic rings. The Morgan fingerprint density at radius 3 is 2.88 bits per heavy atom. The fourth-order valence-electron chi connectivity index (χ4n) is 1.59. The Balaban J connectivity index is 1.92. The van der Waals surface area contributed by atoms with E-state index in [1.165, 1.54) is 5.69 Å². The van der Waals surface area contributed by atoms with E-state index in [1.54, 1.807) is 12.3 Å². The van der Waals surface area contributed by atoms with Gasteiger partial charge in [-0.05, 0) is 13.0 Å². The first-order valence-corrected chi connectivity index (χ1v) is 5.75. The molecule has 0 saturated heterocycles. The second-order valence-electron chi connectivity index (χ2n) is 3.75. The zero-order chi connectivity index (χ0) is 12.3. The van der Waals surface area contributed by atoms with Gasteiger partial charge in [0.25, 0.3) is 0 Å². The van der Waals surface area contributed by atoms with Gasteiger partial charge in [0.2, 0.25) is 0 Å². The maximum atomic E-state index is 5.85. The van der Waals surface area contributed by atoms with Crippen molar-refractivity contribution in [1.29, 1.82) is 0 Å². The van der Waals surface area contributed by atoms with Crippen LogP contribution in [0.2, 0.25) is 5.15 Å². The second kappa shape index (κ2) is 5.14. The summed E-state index contributed by atoms with van der Waals surface area (Å²) in [5.74, 6) is 1.42. The van der Waals surface area contributed by atoms with Crippen LogP contribution in [0.3, 0.4) is 0 Å². The molecule has 2 rings (SSSR count). The quantitative estimate of drug-likeness (QED) is 0.843. The van der Waals surface area contributed by atoms with Gasteiger partial charge in [-0.2, -0.15) is 5.10 Å². The van der Waals surface area contributed by atoms with Crippen LogP contribution in [0.4, 0.5) is 5.82 Å². The number of anilines is 1. The molecule has 5 nitrogen and oxygen atoms in total. The van der Waals surface area contributed by atoms with Gasteiger partial charge in [0.05, 0.1) is 0 Å². The zero-order valence-corrected chi connectivity index (χ0v) is 10.6. The van der Waals surface area contributed by atoms with Crippen molar-refractivity contribution in [2.45, 2.75) is 13.3 Å². The molecule has 0 atom stereocenters. The molecular formula is C11H14ClN5. The molecule has 0 fully saturated rings. The Hall–Kier alpha value is -1.62. The van der Waals surface area contributed by atoms with Crippen LogP contribution in [0.5, 0.6) is 0 Å². The predicted octanol–water partition coefficient (Wildman–Crippen LogP) is 1.83. The summed E-state index contributed by atoms with van der Waals surface area (Å²) in [4.78, 5) is 8.25. The molecule has 6 heteroatoms. The fraction of sp³-hybridized carbons (Fsp3) is 0.364. The minimum atomic E-state index is 0.459. The highest BCUT2D eigenvalue weighted by Crippen LogP contribution is 2.11. The second-order valence-corrected chi connectivity index (χ2v) is 4.13. The summed E-state index contributed by atoms with van der Waals surface area (Å²) in [5.41, 5.74) is 1.18. The van der Waals surface area contributed by atoms with Crippen molar-refractivity contribution < 1.29 is 0 Å². The van der Waals surface area contributed by atoms with Gasteiger partial charge in [0.15, 0.2) is 0 Å².